The van der Waals surface area contributed by atoms with Gasteiger partial charge in [0.05, 0.1) is 16.5 Å². The fourth-order valence-corrected chi connectivity index (χ4v) is 4.61. The molecule has 0 spiro atoms. The second-order valence-corrected chi connectivity index (χ2v) is 9.61. The van der Waals surface area contributed by atoms with Gasteiger partial charge in [-0.1, -0.05) is 29.8 Å². The number of ether oxygens (including phenoxy) is 2. The molecule has 30 heavy (non-hydrogen) atoms. The first-order valence-electron chi connectivity index (χ1n) is 10.4. The lowest BCUT2D eigenvalue weighted by Gasteiger charge is -2.33. The summed E-state index contributed by atoms with van der Waals surface area (Å²) < 4.78 is 10.8. The van der Waals surface area contributed by atoms with Crippen molar-refractivity contribution < 1.29 is 19.1 Å². The van der Waals surface area contributed by atoms with Crippen LogP contribution in [-0.2, 0) is 9.47 Å². The number of amides is 1. The fourth-order valence-electron chi connectivity index (χ4n) is 3.42. The Balaban J connectivity index is 1.88. The Hall–Kier alpha value is -2.41. The zero-order valence-electron chi connectivity index (χ0n) is 18.4. The average molecular weight is 431 g/mol. The molecule has 0 N–H and O–H groups in total. The van der Waals surface area contributed by atoms with Crippen molar-refractivity contribution in [3.63, 3.8) is 0 Å². The van der Waals surface area contributed by atoms with Crippen LogP contribution in [0.2, 0.25) is 0 Å². The highest BCUT2D eigenvalue weighted by Crippen LogP contribution is 2.37. The molecule has 1 atom stereocenters. The van der Waals surface area contributed by atoms with Gasteiger partial charge in [0.2, 0.25) is 0 Å². The number of carbonyl (C=O) groups is 2. The molecular formula is C23H30N2O4S. The molecule has 1 aliphatic rings. The third-order valence-electron chi connectivity index (χ3n) is 4.85. The molecule has 1 aromatic heterocycles. The zero-order chi connectivity index (χ0) is 21.9. The topological polar surface area (TPSA) is 68.7 Å². The summed E-state index contributed by atoms with van der Waals surface area (Å²) in [6.45, 7) is 10.9. The lowest BCUT2D eigenvalue weighted by atomic mass is 9.99. The summed E-state index contributed by atoms with van der Waals surface area (Å²) >= 11 is 1.52. The highest BCUT2D eigenvalue weighted by Gasteiger charge is 2.31. The number of benzene rings is 1. The van der Waals surface area contributed by atoms with Crippen LogP contribution < -0.4 is 0 Å². The van der Waals surface area contributed by atoms with E-state index in [1.807, 2.05) is 52.0 Å². The van der Waals surface area contributed by atoms with E-state index in [0.717, 1.165) is 33.9 Å². The molecule has 2 heterocycles. The Labute approximate surface area is 182 Å². The average Bonchev–Trinajstić information content (AvgIpc) is 3.13. The third kappa shape index (κ3) is 5.39. The number of hydrogen-bond donors (Lipinski definition) is 0. The summed E-state index contributed by atoms with van der Waals surface area (Å²) in [6, 6.07) is 8.05. The maximum atomic E-state index is 12.6. The maximum Gasteiger partial charge on any atom is 0.410 e. The first-order chi connectivity index (χ1) is 14.2. The predicted molar refractivity (Wildman–Crippen MR) is 118 cm³/mol. The van der Waals surface area contributed by atoms with Gasteiger partial charge in [0.1, 0.15) is 5.60 Å². The Bertz CT molecular complexity index is 899. The minimum atomic E-state index is -0.527. The van der Waals surface area contributed by atoms with Crippen LogP contribution in [0.25, 0.3) is 10.4 Å². The van der Waals surface area contributed by atoms with Crippen LogP contribution in [0.1, 0.15) is 67.5 Å². The SMILES string of the molecule is CCOC(=O)c1nc(C2CCCN(C(=O)OC(C)(C)C)C2)sc1-c1ccc(C)cc1. The summed E-state index contributed by atoms with van der Waals surface area (Å²) in [6.07, 6.45) is 1.49. The lowest BCUT2D eigenvalue weighted by Crippen LogP contribution is -2.42. The summed E-state index contributed by atoms with van der Waals surface area (Å²) in [5.41, 5.74) is 1.93. The van der Waals surface area contributed by atoms with Crippen molar-refractivity contribution in [3.8, 4) is 10.4 Å². The van der Waals surface area contributed by atoms with Crippen molar-refractivity contribution >= 4 is 23.4 Å². The van der Waals surface area contributed by atoms with Crippen LogP contribution in [0, 0.1) is 6.92 Å². The van der Waals surface area contributed by atoms with E-state index in [2.05, 4.69) is 4.98 Å². The highest BCUT2D eigenvalue weighted by molar-refractivity contribution is 7.15. The van der Waals surface area contributed by atoms with Gasteiger partial charge >= 0.3 is 12.1 Å². The van der Waals surface area contributed by atoms with Gasteiger partial charge in [-0.15, -0.1) is 11.3 Å². The van der Waals surface area contributed by atoms with Gasteiger partial charge < -0.3 is 14.4 Å². The number of nitrogens with zero attached hydrogens (tertiary/aromatic N) is 2. The molecule has 2 aromatic rings. The minimum absolute atomic E-state index is 0.0728. The largest absolute Gasteiger partial charge is 0.461 e. The molecule has 3 rings (SSSR count). The van der Waals surface area contributed by atoms with Crippen LogP contribution in [0.5, 0.6) is 0 Å². The molecule has 1 saturated heterocycles. The van der Waals surface area contributed by atoms with E-state index in [4.69, 9.17) is 9.47 Å². The van der Waals surface area contributed by atoms with Crippen molar-refractivity contribution in [2.75, 3.05) is 19.7 Å². The number of likely N-dealkylation sites (tertiary alicyclic amines) is 1. The zero-order valence-corrected chi connectivity index (χ0v) is 19.2. The number of esters is 1. The molecule has 162 valence electrons. The standard InChI is InChI=1S/C23H30N2O4S/c1-6-28-21(26)18-19(16-11-9-15(2)10-12-16)30-20(24-18)17-8-7-13-25(14-17)22(27)29-23(3,4)5/h9-12,17H,6-8,13-14H2,1-5H3. The van der Waals surface area contributed by atoms with E-state index in [-0.39, 0.29) is 12.0 Å². The quantitative estimate of drug-likeness (QED) is 0.607. The van der Waals surface area contributed by atoms with Gasteiger partial charge in [-0.3, -0.25) is 0 Å². The Morgan fingerprint density at radius 3 is 2.57 bits per heavy atom. The van der Waals surface area contributed by atoms with Crippen molar-refractivity contribution in [2.24, 2.45) is 0 Å². The van der Waals surface area contributed by atoms with Gasteiger partial charge in [-0.05, 0) is 53.0 Å². The smallest absolute Gasteiger partial charge is 0.410 e. The maximum absolute atomic E-state index is 12.6. The number of carbonyl (C=O) groups excluding carboxylic acids is 2. The Morgan fingerprint density at radius 1 is 1.23 bits per heavy atom. The van der Waals surface area contributed by atoms with Crippen LogP contribution in [0.3, 0.4) is 0 Å². The second-order valence-electron chi connectivity index (χ2n) is 8.58. The highest BCUT2D eigenvalue weighted by atomic mass is 32.1. The Kier molecular flexibility index (Phi) is 6.81. The molecule has 6 nitrogen and oxygen atoms in total. The van der Waals surface area contributed by atoms with Crippen LogP contribution in [-0.4, -0.2) is 47.2 Å². The summed E-state index contributed by atoms with van der Waals surface area (Å²) in [5.74, 6) is -0.334. The molecule has 1 aromatic carbocycles. The molecule has 0 bridgehead atoms. The van der Waals surface area contributed by atoms with E-state index in [1.54, 1.807) is 11.8 Å². The van der Waals surface area contributed by atoms with Crippen molar-refractivity contribution in [1.29, 1.82) is 0 Å². The number of aromatic nitrogens is 1. The summed E-state index contributed by atoms with van der Waals surface area (Å²) in [4.78, 5) is 32.3. The number of piperidine rings is 1. The number of aryl methyl sites for hydroxylation is 1. The van der Waals surface area contributed by atoms with Gasteiger partial charge in [-0.25, -0.2) is 14.6 Å². The molecular weight excluding hydrogens is 400 g/mol. The molecule has 0 saturated carbocycles. The normalized spacial score (nSPS) is 17.0. The lowest BCUT2D eigenvalue weighted by molar-refractivity contribution is 0.0197. The van der Waals surface area contributed by atoms with Gasteiger partial charge in [0.25, 0.3) is 0 Å². The first kappa shape index (κ1) is 22.3. The Morgan fingerprint density at radius 2 is 1.93 bits per heavy atom. The molecule has 1 fully saturated rings. The van der Waals surface area contributed by atoms with Gasteiger partial charge in [0.15, 0.2) is 5.69 Å². The number of rotatable bonds is 4. The van der Waals surface area contributed by atoms with E-state index >= 15 is 0 Å². The van der Waals surface area contributed by atoms with Crippen molar-refractivity contribution in [1.82, 2.24) is 9.88 Å². The van der Waals surface area contributed by atoms with Crippen molar-refractivity contribution in [2.45, 2.75) is 59.0 Å². The van der Waals surface area contributed by atoms with Gasteiger partial charge in [0, 0.05) is 19.0 Å². The van der Waals surface area contributed by atoms with E-state index in [9.17, 15) is 9.59 Å². The first-order valence-corrected chi connectivity index (χ1v) is 11.2. The van der Waals surface area contributed by atoms with Crippen LogP contribution >= 0.6 is 11.3 Å². The summed E-state index contributed by atoms with van der Waals surface area (Å²) in [7, 11) is 0. The second kappa shape index (κ2) is 9.16. The molecule has 7 heteroatoms. The number of thiazole rings is 1. The van der Waals surface area contributed by atoms with E-state index in [0.29, 0.717) is 25.4 Å². The number of hydrogen-bond acceptors (Lipinski definition) is 6. The van der Waals surface area contributed by atoms with Crippen LogP contribution in [0.4, 0.5) is 4.79 Å². The third-order valence-corrected chi connectivity index (χ3v) is 6.12. The van der Waals surface area contributed by atoms with E-state index < -0.39 is 11.6 Å². The monoisotopic (exact) mass is 430 g/mol. The minimum Gasteiger partial charge on any atom is -0.461 e. The molecule has 1 amide bonds. The van der Waals surface area contributed by atoms with Crippen LogP contribution in [0.15, 0.2) is 24.3 Å². The molecule has 1 unspecified atom stereocenters. The summed E-state index contributed by atoms with van der Waals surface area (Å²) in [5, 5.41) is 0.863. The fraction of sp³-hybridized carbons (Fsp3) is 0.522. The van der Waals surface area contributed by atoms with Crippen molar-refractivity contribution in [3.05, 3.63) is 40.5 Å². The van der Waals surface area contributed by atoms with E-state index in [1.165, 1.54) is 11.3 Å². The molecule has 1 aliphatic heterocycles. The van der Waals surface area contributed by atoms with Gasteiger partial charge in [-0.2, -0.15) is 0 Å². The molecule has 0 aliphatic carbocycles. The predicted octanol–water partition coefficient (Wildman–Crippen LogP) is 5.41. The molecule has 0 radical (unpaired) electrons.